The Bertz CT molecular complexity index is 234. The summed E-state index contributed by atoms with van der Waals surface area (Å²) in [7, 11) is 0. The van der Waals surface area contributed by atoms with Crippen LogP contribution in [0.2, 0.25) is 0 Å². The first kappa shape index (κ1) is 11.7. The van der Waals surface area contributed by atoms with Gasteiger partial charge in [-0.15, -0.1) is 0 Å². The largest absolute Gasteiger partial charge is 0.317 e. The molecule has 0 radical (unpaired) electrons. The third kappa shape index (κ3) is 7.04. The second-order valence-corrected chi connectivity index (χ2v) is 2.43. The van der Waals surface area contributed by atoms with Crippen LogP contribution in [0.25, 0.3) is 0 Å². The minimum Gasteiger partial charge on any atom is -0.317 e. The van der Waals surface area contributed by atoms with E-state index in [1.54, 1.807) is 12.1 Å². The SMILES string of the molecule is CCNCC.N#Cc1ccccc1. The summed E-state index contributed by atoms with van der Waals surface area (Å²) in [6, 6.07) is 11.2. The number of nitrogens with zero attached hydrogens (tertiary/aromatic N) is 1. The maximum atomic E-state index is 8.29. The molecule has 0 heterocycles. The van der Waals surface area contributed by atoms with Crippen LogP contribution in [0.4, 0.5) is 0 Å². The molecule has 70 valence electrons. The van der Waals surface area contributed by atoms with Crippen molar-refractivity contribution in [2.24, 2.45) is 0 Å². The normalized spacial score (nSPS) is 8.08. The lowest BCUT2D eigenvalue weighted by molar-refractivity contribution is 0.762. The number of hydrogen-bond acceptors (Lipinski definition) is 2. The Kier molecular flexibility index (Phi) is 7.87. The third-order valence-electron chi connectivity index (χ3n) is 1.40. The Labute approximate surface area is 80.2 Å². The van der Waals surface area contributed by atoms with Gasteiger partial charge in [0.05, 0.1) is 11.6 Å². The fourth-order valence-electron chi connectivity index (χ4n) is 0.763. The van der Waals surface area contributed by atoms with Gasteiger partial charge >= 0.3 is 0 Å². The average molecular weight is 176 g/mol. The summed E-state index contributed by atoms with van der Waals surface area (Å²) in [5.41, 5.74) is 0.715. The molecule has 1 N–H and O–H groups in total. The van der Waals surface area contributed by atoms with Gasteiger partial charge in [-0.1, -0.05) is 32.0 Å². The Morgan fingerprint density at radius 3 is 1.92 bits per heavy atom. The molecule has 1 aromatic carbocycles. The van der Waals surface area contributed by atoms with Crippen molar-refractivity contribution in [3.8, 4) is 6.07 Å². The van der Waals surface area contributed by atoms with E-state index in [0.29, 0.717) is 5.56 Å². The second-order valence-electron chi connectivity index (χ2n) is 2.43. The molecule has 0 saturated carbocycles. The van der Waals surface area contributed by atoms with Crippen LogP contribution in [0.1, 0.15) is 19.4 Å². The van der Waals surface area contributed by atoms with Crippen molar-refractivity contribution in [1.29, 1.82) is 5.26 Å². The summed E-state index contributed by atoms with van der Waals surface area (Å²) in [5.74, 6) is 0. The maximum Gasteiger partial charge on any atom is 0.0991 e. The predicted octanol–water partition coefficient (Wildman–Crippen LogP) is 2.17. The average Bonchev–Trinajstić information content (AvgIpc) is 2.21. The highest BCUT2D eigenvalue weighted by Crippen LogP contribution is 1.93. The van der Waals surface area contributed by atoms with Crippen molar-refractivity contribution < 1.29 is 0 Å². The number of hydrogen-bond donors (Lipinski definition) is 1. The van der Waals surface area contributed by atoms with Crippen LogP contribution in [0.15, 0.2) is 30.3 Å². The molecule has 13 heavy (non-hydrogen) atoms. The molecular weight excluding hydrogens is 160 g/mol. The van der Waals surface area contributed by atoms with Crippen LogP contribution >= 0.6 is 0 Å². The highest BCUT2D eigenvalue weighted by molar-refractivity contribution is 5.27. The van der Waals surface area contributed by atoms with Crippen molar-refractivity contribution in [3.63, 3.8) is 0 Å². The molecule has 0 atom stereocenters. The van der Waals surface area contributed by atoms with Crippen LogP contribution in [-0.4, -0.2) is 13.1 Å². The zero-order valence-electron chi connectivity index (χ0n) is 8.25. The molecule has 1 rings (SSSR count). The molecule has 0 amide bonds. The fraction of sp³-hybridized carbons (Fsp3) is 0.364. The molecule has 2 heteroatoms. The van der Waals surface area contributed by atoms with E-state index >= 15 is 0 Å². The lowest BCUT2D eigenvalue weighted by atomic mass is 10.2. The van der Waals surface area contributed by atoms with Crippen LogP contribution < -0.4 is 5.32 Å². The molecule has 1 aromatic rings. The topological polar surface area (TPSA) is 35.8 Å². The van der Waals surface area contributed by atoms with Gasteiger partial charge in [0.1, 0.15) is 0 Å². The van der Waals surface area contributed by atoms with E-state index in [4.69, 9.17) is 5.26 Å². The number of nitriles is 1. The van der Waals surface area contributed by atoms with Gasteiger partial charge in [0.25, 0.3) is 0 Å². The maximum absolute atomic E-state index is 8.29. The summed E-state index contributed by atoms with van der Waals surface area (Å²) in [5, 5.41) is 11.4. The van der Waals surface area contributed by atoms with E-state index in [0.717, 1.165) is 13.1 Å². The van der Waals surface area contributed by atoms with Crippen LogP contribution in [0.3, 0.4) is 0 Å². The van der Waals surface area contributed by atoms with E-state index in [1.165, 1.54) is 0 Å². The third-order valence-corrected chi connectivity index (χ3v) is 1.40. The van der Waals surface area contributed by atoms with Crippen LogP contribution in [0.5, 0.6) is 0 Å². The van der Waals surface area contributed by atoms with Crippen molar-refractivity contribution in [3.05, 3.63) is 35.9 Å². The Balaban J connectivity index is 0.000000252. The van der Waals surface area contributed by atoms with Crippen molar-refractivity contribution in [2.45, 2.75) is 13.8 Å². The molecule has 0 aromatic heterocycles. The lowest BCUT2D eigenvalue weighted by Crippen LogP contribution is -2.09. The van der Waals surface area contributed by atoms with Gasteiger partial charge in [-0.2, -0.15) is 5.26 Å². The predicted molar refractivity (Wildman–Crippen MR) is 55.4 cm³/mol. The molecule has 0 aliphatic heterocycles. The van der Waals surface area contributed by atoms with Gasteiger partial charge in [-0.25, -0.2) is 0 Å². The van der Waals surface area contributed by atoms with Gasteiger partial charge in [0.2, 0.25) is 0 Å². The molecule has 0 aliphatic rings. The lowest BCUT2D eigenvalue weighted by Gasteiger charge is -1.86. The van der Waals surface area contributed by atoms with Gasteiger partial charge < -0.3 is 5.32 Å². The summed E-state index contributed by atoms with van der Waals surface area (Å²) < 4.78 is 0. The van der Waals surface area contributed by atoms with Crippen molar-refractivity contribution in [1.82, 2.24) is 5.32 Å². The van der Waals surface area contributed by atoms with Crippen molar-refractivity contribution >= 4 is 0 Å². The second kappa shape index (κ2) is 8.76. The summed E-state index contributed by atoms with van der Waals surface area (Å²) in [6.07, 6.45) is 0. The Hall–Kier alpha value is -1.33. The van der Waals surface area contributed by atoms with Gasteiger partial charge in [-0.3, -0.25) is 0 Å². The molecular formula is C11H16N2. The van der Waals surface area contributed by atoms with Crippen LogP contribution in [-0.2, 0) is 0 Å². The molecule has 0 spiro atoms. The van der Waals surface area contributed by atoms with E-state index in [9.17, 15) is 0 Å². The van der Waals surface area contributed by atoms with Crippen LogP contribution in [0, 0.1) is 11.3 Å². The zero-order chi connectivity index (χ0) is 9.94. The van der Waals surface area contributed by atoms with E-state index in [2.05, 4.69) is 19.2 Å². The van der Waals surface area contributed by atoms with Gasteiger partial charge in [0, 0.05) is 0 Å². The summed E-state index contributed by atoms with van der Waals surface area (Å²) in [6.45, 7) is 6.39. The van der Waals surface area contributed by atoms with E-state index < -0.39 is 0 Å². The first-order valence-electron chi connectivity index (χ1n) is 4.51. The molecule has 0 unspecified atom stereocenters. The first-order chi connectivity index (χ1) is 6.35. The zero-order valence-corrected chi connectivity index (χ0v) is 8.25. The minimum absolute atomic E-state index is 0.715. The quantitative estimate of drug-likeness (QED) is 0.749. The fourth-order valence-corrected chi connectivity index (χ4v) is 0.763. The summed E-state index contributed by atoms with van der Waals surface area (Å²) >= 11 is 0. The first-order valence-corrected chi connectivity index (χ1v) is 4.51. The minimum atomic E-state index is 0.715. The molecule has 0 aliphatic carbocycles. The highest BCUT2D eigenvalue weighted by Gasteiger charge is 1.79. The molecule has 0 fully saturated rings. The summed E-state index contributed by atoms with van der Waals surface area (Å²) in [4.78, 5) is 0. The highest BCUT2D eigenvalue weighted by atomic mass is 14.8. The Morgan fingerprint density at radius 2 is 1.69 bits per heavy atom. The van der Waals surface area contributed by atoms with E-state index in [1.807, 2.05) is 24.3 Å². The number of nitrogens with one attached hydrogen (secondary N) is 1. The number of benzene rings is 1. The van der Waals surface area contributed by atoms with Gasteiger partial charge in [-0.05, 0) is 25.2 Å². The van der Waals surface area contributed by atoms with Gasteiger partial charge in [0.15, 0.2) is 0 Å². The monoisotopic (exact) mass is 176 g/mol. The molecule has 2 nitrogen and oxygen atoms in total. The Morgan fingerprint density at radius 1 is 1.15 bits per heavy atom. The molecule has 0 bridgehead atoms. The standard InChI is InChI=1S/C7H5N.C4H11N/c8-6-7-4-2-1-3-5-7;1-3-5-4-2/h1-5H;5H,3-4H2,1-2H3. The smallest absolute Gasteiger partial charge is 0.0991 e. The van der Waals surface area contributed by atoms with E-state index in [-0.39, 0.29) is 0 Å². The van der Waals surface area contributed by atoms with Crippen molar-refractivity contribution in [2.75, 3.05) is 13.1 Å². The molecule has 0 saturated heterocycles. The number of rotatable bonds is 2.